The van der Waals surface area contributed by atoms with E-state index in [2.05, 4.69) is 24.1 Å². The maximum absolute atomic E-state index is 12.1. The first-order chi connectivity index (χ1) is 7.77. The molecule has 1 aliphatic heterocycles. The second-order valence-corrected chi connectivity index (χ2v) is 4.96. The molecular weight excluding hydrogens is 203 g/mol. The van der Waals surface area contributed by atoms with Crippen molar-refractivity contribution in [1.82, 2.24) is 10.2 Å². The van der Waals surface area contributed by atoms with Crippen LogP contribution in [-0.2, 0) is 0 Å². The van der Waals surface area contributed by atoms with Gasteiger partial charge in [0, 0.05) is 12.6 Å². The number of piperidine rings is 1. The Balaban J connectivity index is 2.15. The van der Waals surface area contributed by atoms with E-state index in [9.17, 15) is 4.39 Å². The first-order valence-corrected chi connectivity index (χ1v) is 6.79. The van der Waals surface area contributed by atoms with E-state index >= 15 is 0 Å². The van der Waals surface area contributed by atoms with Crippen molar-refractivity contribution in [3.8, 4) is 0 Å². The van der Waals surface area contributed by atoms with Gasteiger partial charge in [0.2, 0.25) is 0 Å². The largest absolute Gasteiger partial charge is 0.314 e. The Hall–Kier alpha value is -0.150. The fourth-order valence-corrected chi connectivity index (χ4v) is 2.50. The molecular formula is C13H27FN2. The zero-order valence-corrected chi connectivity index (χ0v) is 10.8. The van der Waals surface area contributed by atoms with E-state index in [0.29, 0.717) is 12.5 Å². The van der Waals surface area contributed by atoms with Gasteiger partial charge in [0.15, 0.2) is 0 Å². The number of hydrogen-bond donors (Lipinski definition) is 1. The van der Waals surface area contributed by atoms with Crippen LogP contribution in [0.15, 0.2) is 0 Å². The van der Waals surface area contributed by atoms with Crippen molar-refractivity contribution in [2.24, 2.45) is 5.92 Å². The third kappa shape index (κ3) is 4.79. The van der Waals surface area contributed by atoms with E-state index in [0.717, 1.165) is 32.1 Å². The zero-order chi connectivity index (χ0) is 11.8. The van der Waals surface area contributed by atoms with Gasteiger partial charge in [0.1, 0.15) is 0 Å². The third-order valence-corrected chi connectivity index (χ3v) is 3.66. The SMILES string of the molecule is CCCNC(C)C1CCN(CCCF)CC1. The van der Waals surface area contributed by atoms with Crippen LogP contribution in [0.4, 0.5) is 4.39 Å². The van der Waals surface area contributed by atoms with Crippen LogP contribution >= 0.6 is 0 Å². The molecule has 16 heavy (non-hydrogen) atoms. The van der Waals surface area contributed by atoms with Crippen molar-refractivity contribution >= 4 is 0 Å². The standard InChI is InChI=1S/C13H27FN2/c1-3-8-15-12(2)13-5-10-16(11-6-13)9-4-7-14/h12-13,15H,3-11H2,1-2H3. The fraction of sp³-hybridized carbons (Fsp3) is 1.00. The Morgan fingerprint density at radius 2 is 2.06 bits per heavy atom. The monoisotopic (exact) mass is 230 g/mol. The van der Waals surface area contributed by atoms with Gasteiger partial charge in [-0.3, -0.25) is 4.39 Å². The minimum atomic E-state index is -0.172. The quantitative estimate of drug-likeness (QED) is 0.722. The molecule has 96 valence electrons. The molecule has 0 aromatic carbocycles. The minimum Gasteiger partial charge on any atom is -0.314 e. The molecule has 1 N–H and O–H groups in total. The lowest BCUT2D eigenvalue weighted by Gasteiger charge is -2.35. The van der Waals surface area contributed by atoms with Gasteiger partial charge in [-0.2, -0.15) is 0 Å². The molecule has 1 saturated heterocycles. The number of likely N-dealkylation sites (tertiary alicyclic amines) is 1. The van der Waals surface area contributed by atoms with E-state index in [4.69, 9.17) is 0 Å². The Labute approximate surface area is 99.6 Å². The molecule has 2 nitrogen and oxygen atoms in total. The van der Waals surface area contributed by atoms with Gasteiger partial charge in [-0.25, -0.2) is 0 Å². The van der Waals surface area contributed by atoms with E-state index in [-0.39, 0.29) is 6.67 Å². The predicted molar refractivity (Wildman–Crippen MR) is 67.5 cm³/mol. The maximum atomic E-state index is 12.1. The normalized spacial score (nSPS) is 21.2. The van der Waals surface area contributed by atoms with Gasteiger partial charge >= 0.3 is 0 Å². The average molecular weight is 230 g/mol. The summed E-state index contributed by atoms with van der Waals surface area (Å²) >= 11 is 0. The van der Waals surface area contributed by atoms with E-state index in [1.165, 1.54) is 19.3 Å². The summed E-state index contributed by atoms with van der Waals surface area (Å²) in [7, 11) is 0. The summed E-state index contributed by atoms with van der Waals surface area (Å²) < 4.78 is 12.1. The van der Waals surface area contributed by atoms with Gasteiger partial charge in [-0.15, -0.1) is 0 Å². The number of hydrogen-bond acceptors (Lipinski definition) is 2. The molecule has 1 atom stereocenters. The van der Waals surface area contributed by atoms with E-state index in [1.54, 1.807) is 0 Å². The zero-order valence-electron chi connectivity index (χ0n) is 10.8. The molecule has 1 aliphatic rings. The van der Waals surface area contributed by atoms with Gasteiger partial charge in [0.05, 0.1) is 6.67 Å². The second-order valence-electron chi connectivity index (χ2n) is 4.96. The Morgan fingerprint density at radius 1 is 1.38 bits per heavy atom. The number of nitrogens with one attached hydrogen (secondary N) is 1. The molecule has 0 amide bonds. The Kier molecular flexibility index (Phi) is 6.97. The Bertz CT molecular complexity index is 167. The van der Waals surface area contributed by atoms with Gasteiger partial charge in [0.25, 0.3) is 0 Å². The molecule has 0 radical (unpaired) electrons. The van der Waals surface area contributed by atoms with Crippen molar-refractivity contribution in [3.05, 3.63) is 0 Å². The first-order valence-electron chi connectivity index (χ1n) is 6.79. The molecule has 0 aromatic rings. The van der Waals surface area contributed by atoms with Crippen LogP contribution < -0.4 is 5.32 Å². The lowest BCUT2D eigenvalue weighted by Crippen LogP contribution is -2.42. The second kappa shape index (κ2) is 8.02. The van der Waals surface area contributed by atoms with Crippen LogP contribution in [0.1, 0.15) is 39.5 Å². The van der Waals surface area contributed by atoms with Crippen LogP contribution in [-0.4, -0.2) is 43.8 Å². The summed E-state index contributed by atoms with van der Waals surface area (Å²) in [6, 6.07) is 0.642. The predicted octanol–water partition coefficient (Wildman–Crippen LogP) is 2.45. The maximum Gasteiger partial charge on any atom is 0.0906 e. The van der Waals surface area contributed by atoms with Crippen LogP contribution in [0, 0.1) is 5.92 Å². The Morgan fingerprint density at radius 3 is 2.62 bits per heavy atom. The molecule has 0 aromatic heterocycles. The topological polar surface area (TPSA) is 15.3 Å². The lowest BCUT2D eigenvalue weighted by atomic mass is 9.90. The fourth-order valence-electron chi connectivity index (χ4n) is 2.50. The lowest BCUT2D eigenvalue weighted by molar-refractivity contribution is 0.158. The van der Waals surface area contributed by atoms with Gasteiger partial charge in [-0.1, -0.05) is 6.92 Å². The number of nitrogens with zero attached hydrogens (tertiary/aromatic N) is 1. The molecule has 1 rings (SSSR count). The van der Waals surface area contributed by atoms with Crippen molar-refractivity contribution in [1.29, 1.82) is 0 Å². The highest BCUT2D eigenvalue weighted by Gasteiger charge is 2.22. The van der Waals surface area contributed by atoms with Gasteiger partial charge in [-0.05, 0) is 58.2 Å². The van der Waals surface area contributed by atoms with Crippen LogP contribution in [0.3, 0.4) is 0 Å². The van der Waals surface area contributed by atoms with Crippen LogP contribution in [0.5, 0.6) is 0 Å². The van der Waals surface area contributed by atoms with Crippen molar-refractivity contribution in [2.45, 2.75) is 45.6 Å². The van der Waals surface area contributed by atoms with Crippen LogP contribution in [0.25, 0.3) is 0 Å². The first kappa shape index (κ1) is 13.9. The van der Waals surface area contributed by atoms with E-state index in [1.807, 2.05) is 0 Å². The van der Waals surface area contributed by atoms with Crippen LogP contribution in [0.2, 0.25) is 0 Å². The van der Waals surface area contributed by atoms with Crippen molar-refractivity contribution in [2.75, 3.05) is 32.9 Å². The highest BCUT2D eigenvalue weighted by Crippen LogP contribution is 2.20. The summed E-state index contributed by atoms with van der Waals surface area (Å²) in [5.74, 6) is 0.813. The van der Waals surface area contributed by atoms with Crippen molar-refractivity contribution in [3.63, 3.8) is 0 Å². The molecule has 1 unspecified atom stereocenters. The number of rotatable bonds is 7. The highest BCUT2D eigenvalue weighted by atomic mass is 19.1. The third-order valence-electron chi connectivity index (χ3n) is 3.66. The average Bonchev–Trinajstić information content (AvgIpc) is 2.34. The molecule has 1 heterocycles. The molecule has 0 aliphatic carbocycles. The molecule has 0 bridgehead atoms. The number of halogens is 1. The smallest absolute Gasteiger partial charge is 0.0906 e. The number of alkyl halides is 1. The summed E-state index contributed by atoms with van der Waals surface area (Å²) in [5.41, 5.74) is 0. The van der Waals surface area contributed by atoms with E-state index < -0.39 is 0 Å². The highest BCUT2D eigenvalue weighted by molar-refractivity contribution is 4.79. The molecule has 1 fully saturated rings. The van der Waals surface area contributed by atoms with Crippen molar-refractivity contribution < 1.29 is 4.39 Å². The summed E-state index contributed by atoms with van der Waals surface area (Å²) in [6.45, 7) is 8.72. The summed E-state index contributed by atoms with van der Waals surface area (Å²) in [6.07, 6.45) is 4.45. The summed E-state index contributed by atoms with van der Waals surface area (Å²) in [5, 5.41) is 3.58. The molecule has 0 spiro atoms. The molecule has 0 saturated carbocycles. The molecule has 3 heteroatoms. The van der Waals surface area contributed by atoms with Gasteiger partial charge < -0.3 is 10.2 Å². The minimum absolute atomic E-state index is 0.172. The summed E-state index contributed by atoms with van der Waals surface area (Å²) in [4.78, 5) is 2.41.